The van der Waals surface area contributed by atoms with E-state index in [-0.39, 0.29) is 18.5 Å². The average molecular weight is 423 g/mol. The molecule has 1 fully saturated rings. The van der Waals surface area contributed by atoms with Crippen LogP contribution >= 0.6 is 0 Å². The number of carbonyl (C=O) groups is 2. The number of hydrazone groups is 1. The maximum atomic E-state index is 13.1. The number of amides is 1. The summed E-state index contributed by atoms with van der Waals surface area (Å²) in [4.78, 5) is 27.0. The van der Waals surface area contributed by atoms with E-state index in [1.165, 1.54) is 16.0 Å². The molecule has 0 N–H and O–H groups in total. The number of tetrazole rings is 1. The summed E-state index contributed by atoms with van der Waals surface area (Å²) in [7, 11) is 0. The van der Waals surface area contributed by atoms with Gasteiger partial charge in [0.25, 0.3) is 5.91 Å². The van der Waals surface area contributed by atoms with Crippen LogP contribution in [0.2, 0.25) is 0 Å². The minimum atomic E-state index is -0.595. The van der Waals surface area contributed by atoms with Crippen LogP contribution in [0.4, 0.5) is 0 Å². The molecule has 160 valence electrons. The first kappa shape index (κ1) is 19.4. The number of aromatic nitrogens is 6. The molecule has 12 nitrogen and oxygen atoms in total. The Morgan fingerprint density at radius 2 is 2.00 bits per heavy atom. The molecule has 2 aromatic rings. The fourth-order valence-corrected chi connectivity index (χ4v) is 4.03. The lowest BCUT2D eigenvalue weighted by Crippen LogP contribution is -2.46. The molecule has 5 heterocycles. The van der Waals surface area contributed by atoms with Crippen LogP contribution in [0.5, 0.6) is 0 Å². The lowest BCUT2D eigenvalue weighted by atomic mass is 9.79. The molecule has 0 radical (unpaired) electrons. The lowest BCUT2D eigenvalue weighted by molar-refractivity contribution is -0.138. The molecule has 1 amide bonds. The zero-order chi connectivity index (χ0) is 21.4. The van der Waals surface area contributed by atoms with Crippen LogP contribution in [-0.2, 0) is 20.7 Å². The van der Waals surface area contributed by atoms with Gasteiger partial charge in [0.15, 0.2) is 5.82 Å². The molecule has 3 aliphatic heterocycles. The second-order valence-corrected chi connectivity index (χ2v) is 7.89. The fourth-order valence-electron chi connectivity index (χ4n) is 4.03. The first-order chi connectivity index (χ1) is 15.1. The van der Waals surface area contributed by atoms with Crippen LogP contribution in [0.15, 0.2) is 34.8 Å². The highest BCUT2D eigenvalue weighted by Gasteiger charge is 2.48. The van der Waals surface area contributed by atoms with E-state index in [1.807, 2.05) is 12.1 Å². The number of hydrogen-bond acceptors (Lipinski definition) is 10. The Morgan fingerprint density at radius 1 is 1.16 bits per heavy atom. The van der Waals surface area contributed by atoms with Gasteiger partial charge in [-0.15, -0.1) is 10.2 Å². The van der Waals surface area contributed by atoms with Gasteiger partial charge >= 0.3 is 5.97 Å². The maximum Gasteiger partial charge on any atom is 0.336 e. The third kappa shape index (κ3) is 3.48. The summed E-state index contributed by atoms with van der Waals surface area (Å²) in [6.07, 6.45) is 5.36. The first-order valence-corrected chi connectivity index (χ1v) is 10.1. The van der Waals surface area contributed by atoms with Crippen molar-refractivity contribution in [2.75, 3.05) is 26.2 Å². The van der Waals surface area contributed by atoms with Crippen LogP contribution in [0, 0.1) is 5.41 Å². The van der Waals surface area contributed by atoms with E-state index in [0.717, 1.165) is 31.7 Å². The van der Waals surface area contributed by atoms with Gasteiger partial charge in [0.1, 0.15) is 12.9 Å². The van der Waals surface area contributed by atoms with E-state index in [4.69, 9.17) is 4.74 Å². The minimum Gasteiger partial charge on any atom is -0.456 e. The van der Waals surface area contributed by atoms with Crippen LogP contribution in [-0.4, -0.2) is 84.6 Å². The Morgan fingerprint density at radius 3 is 2.65 bits per heavy atom. The number of carbonyl (C=O) groups excluding carboxylic acids is 2. The average Bonchev–Trinajstić information content (AvgIpc) is 3.51. The number of rotatable bonds is 5. The number of esters is 1. The van der Waals surface area contributed by atoms with Crippen molar-refractivity contribution in [1.29, 1.82) is 0 Å². The summed E-state index contributed by atoms with van der Waals surface area (Å²) in [5, 5.41) is 25.1. The van der Waals surface area contributed by atoms with E-state index in [1.54, 1.807) is 13.1 Å². The van der Waals surface area contributed by atoms with Crippen molar-refractivity contribution in [3.8, 4) is 5.82 Å². The first-order valence-electron chi connectivity index (χ1n) is 10.1. The number of hydrogen-bond donors (Lipinski definition) is 0. The molecule has 1 spiro atoms. The van der Waals surface area contributed by atoms with Crippen molar-refractivity contribution >= 4 is 18.1 Å². The molecule has 3 aliphatic rings. The Bertz CT molecular complexity index is 1050. The quantitative estimate of drug-likeness (QED) is 0.596. The molecule has 0 saturated carbocycles. The minimum absolute atomic E-state index is 0.0659. The molecule has 0 atom stereocenters. The van der Waals surface area contributed by atoms with E-state index in [9.17, 15) is 9.59 Å². The van der Waals surface area contributed by atoms with Crippen molar-refractivity contribution in [1.82, 2.24) is 40.3 Å². The summed E-state index contributed by atoms with van der Waals surface area (Å²) in [6, 6.07) is 3.75. The van der Waals surface area contributed by atoms with Gasteiger partial charge in [0, 0.05) is 19.2 Å². The van der Waals surface area contributed by atoms with E-state index < -0.39 is 5.41 Å². The summed E-state index contributed by atoms with van der Waals surface area (Å²) in [5.41, 5.74) is 1.29. The fraction of sp³-hybridized carbons (Fsp3) is 0.474. The van der Waals surface area contributed by atoms with Crippen LogP contribution in [0.1, 0.15) is 25.5 Å². The number of ether oxygens (including phenoxy) is 1. The Labute approximate surface area is 177 Å². The van der Waals surface area contributed by atoms with Crippen LogP contribution in [0.3, 0.4) is 0 Å². The Hall–Kier alpha value is -3.54. The SMILES string of the molecule is CC1=C(N2N=CC3(CCN(CCc4ccc(-n5cnnn5)nn4)CC3)C2=O)COC1=O. The maximum absolute atomic E-state index is 13.1. The van der Waals surface area contributed by atoms with E-state index >= 15 is 0 Å². The van der Waals surface area contributed by atoms with Crippen molar-refractivity contribution in [2.24, 2.45) is 10.5 Å². The summed E-state index contributed by atoms with van der Waals surface area (Å²) in [5.74, 6) is 0.115. The molecule has 0 bridgehead atoms. The Kier molecular flexibility index (Phi) is 4.77. The third-order valence-corrected chi connectivity index (χ3v) is 6.10. The van der Waals surface area contributed by atoms with Crippen molar-refractivity contribution in [3.63, 3.8) is 0 Å². The topological polar surface area (TPSA) is 132 Å². The zero-order valence-corrected chi connectivity index (χ0v) is 17.0. The highest BCUT2D eigenvalue weighted by molar-refractivity contribution is 6.04. The number of likely N-dealkylation sites (tertiary alicyclic amines) is 1. The Balaban J connectivity index is 1.15. The molecular formula is C19H21N9O3. The van der Waals surface area contributed by atoms with Gasteiger partial charge < -0.3 is 9.64 Å². The van der Waals surface area contributed by atoms with Crippen molar-refractivity contribution in [2.45, 2.75) is 26.2 Å². The molecule has 0 aliphatic carbocycles. The van der Waals surface area contributed by atoms with E-state index in [0.29, 0.717) is 29.9 Å². The second-order valence-electron chi connectivity index (χ2n) is 7.89. The summed E-state index contributed by atoms with van der Waals surface area (Å²) < 4.78 is 6.48. The molecule has 2 aromatic heterocycles. The largest absolute Gasteiger partial charge is 0.456 e. The monoisotopic (exact) mass is 423 g/mol. The van der Waals surface area contributed by atoms with Gasteiger partial charge in [-0.2, -0.15) is 14.9 Å². The molecule has 0 aromatic carbocycles. The van der Waals surface area contributed by atoms with Gasteiger partial charge in [-0.05, 0) is 55.4 Å². The highest BCUT2D eigenvalue weighted by Crippen LogP contribution is 2.38. The van der Waals surface area contributed by atoms with Gasteiger partial charge in [-0.25, -0.2) is 9.80 Å². The molecular weight excluding hydrogens is 402 g/mol. The predicted octanol–water partition coefficient (Wildman–Crippen LogP) is -0.264. The molecule has 5 rings (SSSR count). The molecule has 12 heteroatoms. The highest BCUT2D eigenvalue weighted by atomic mass is 16.5. The smallest absolute Gasteiger partial charge is 0.336 e. The van der Waals surface area contributed by atoms with Crippen LogP contribution < -0.4 is 0 Å². The van der Waals surface area contributed by atoms with E-state index in [2.05, 4.69) is 35.7 Å². The second kappa shape index (κ2) is 7.61. The van der Waals surface area contributed by atoms with Gasteiger partial charge in [-0.1, -0.05) is 0 Å². The van der Waals surface area contributed by atoms with Crippen molar-refractivity contribution < 1.29 is 14.3 Å². The molecule has 1 saturated heterocycles. The van der Waals surface area contributed by atoms with Gasteiger partial charge in [-0.3, -0.25) is 4.79 Å². The predicted molar refractivity (Wildman–Crippen MR) is 106 cm³/mol. The standard InChI is InChI=1S/C19H21N9O3/c1-13-15(10-31-17(13)29)28-18(30)19(11-21-28)5-8-26(9-6-19)7-4-14-2-3-16(23-22-14)27-12-20-24-25-27/h2-3,11-12H,4-10H2,1H3. The third-order valence-electron chi connectivity index (χ3n) is 6.10. The van der Waals surface area contributed by atoms with Crippen molar-refractivity contribution in [3.05, 3.63) is 35.4 Å². The molecule has 0 unspecified atom stereocenters. The number of cyclic esters (lactones) is 1. The number of nitrogens with zero attached hydrogens (tertiary/aromatic N) is 9. The zero-order valence-electron chi connectivity index (χ0n) is 17.0. The summed E-state index contributed by atoms with van der Waals surface area (Å²) >= 11 is 0. The lowest BCUT2D eigenvalue weighted by Gasteiger charge is -2.36. The summed E-state index contributed by atoms with van der Waals surface area (Å²) in [6.45, 7) is 4.17. The molecule has 31 heavy (non-hydrogen) atoms. The van der Waals surface area contributed by atoms with Gasteiger partial charge in [0.05, 0.1) is 22.4 Å². The normalized spacial score (nSPS) is 20.9. The van der Waals surface area contributed by atoms with Gasteiger partial charge in [0.2, 0.25) is 0 Å². The van der Waals surface area contributed by atoms with Crippen LogP contribution in [0.25, 0.3) is 5.82 Å². The number of piperidine rings is 1.